The van der Waals surface area contributed by atoms with E-state index in [4.69, 9.17) is 9.40 Å². The van der Waals surface area contributed by atoms with Crippen LogP contribution in [0.3, 0.4) is 0 Å². The Kier molecular flexibility index (Phi) is 9.37. The summed E-state index contributed by atoms with van der Waals surface area (Å²) in [7, 11) is 0. The van der Waals surface area contributed by atoms with Gasteiger partial charge in [-0.25, -0.2) is 0 Å². The maximum Gasteiger partial charge on any atom is 2.00 e. The number of rotatable bonds is 6. The van der Waals surface area contributed by atoms with Gasteiger partial charge in [0.25, 0.3) is 0 Å². The summed E-state index contributed by atoms with van der Waals surface area (Å²) in [4.78, 5) is 4.85. The largest absolute Gasteiger partial charge is 2.00 e. The van der Waals surface area contributed by atoms with E-state index in [1.807, 2.05) is 91.0 Å². The molecular formula is C36H33N5OPt. The Hall–Kier alpha value is -4.28. The Balaban J connectivity index is 0.000000218. The third-order valence-corrected chi connectivity index (χ3v) is 7.16. The first kappa shape index (κ1) is 30.2. The average Bonchev–Trinajstić information content (AvgIpc) is 3.75. The minimum atomic E-state index is 0. The number of fused-ring (bicyclic) bond motifs is 3. The first-order valence-corrected chi connectivity index (χ1v) is 14.4. The second-order valence-electron chi connectivity index (χ2n) is 11.1. The molecule has 0 spiro atoms. The second kappa shape index (κ2) is 13.4. The van der Waals surface area contributed by atoms with Gasteiger partial charge in [0.05, 0.1) is 11.4 Å². The van der Waals surface area contributed by atoms with Crippen LogP contribution in [0.5, 0.6) is 0 Å². The molecule has 0 N–H and O–H groups in total. The van der Waals surface area contributed by atoms with E-state index in [0.717, 1.165) is 57.3 Å². The van der Waals surface area contributed by atoms with Crippen molar-refractivity contribution in [3.8, 4) is 34.0 Å². The van der Waals surface area contributed by atoms with Crippen molar-refractivity contribution in [3.05, 3.63) is 114 Å². The van der Waals surface area contributed by atoms with E-state index in [9.17, 15) is 0 Å². The summed E-state index contributed by atoms with van der Waals surface area (Å²) in [5.41, 5.74) is 9.36. The van der Waals surface area contributed by atoms with Gasteiger partial charge in [-0.3, -0.25) is 4.98 Å². The van der Waals surface area contributed by atoms with Crippen molar-refractivity contribution in [2.45, 2.75) is 40.0 Å². The van der Waals surface area contributed by atoms with E-state index in [2.05, 4.69) is 60.2 Å². The predicted octanol–water partition coefficient (Wildman–Crippen LogP) is 8.69. The number of para-hydroxylation sites is 2. The number of nitrogens with zero attached hydrogens (tertiary/aromatic N) is 5. The molecule has 7 aromatic rings. The van der Waals surface area contributed by atoms with Crippen LogP contribution < -0.4 is 10.2 Å². The van der Waals surface area contributed by atoms with E-state index >= 15 is 0 Å². The van der Waals surface area contributed by atoms with Crippen molar-refractivity contribution >= 4 is 21.9 Å². The maximum atomic E-state index is 5.65. The number of pyridine rings is 1. The van der Waals surface area contributed by atoms with E-state index in [1.165, 1.54) is 16.3 Å². The van der Waals surface area contributed by atoms with Crippen molar-refractivity contribution in [3.63, 3.8) is 0 Å². The maximum absolute atomic E-state index is 5.65. The number of hydrogen-bond donors (Lipinski definition) is 0. The SMILES string of the molecule is CC(C)Cc1n[n-]c(-c2cccc(-c3cc(-c4ccccc4)n[n-]3)n2)c1C(C)C.[Pt+2].c1ccc2c(c1)oc1ccccc12. The normalized spacial score (nSPS) is 11.1. The number of hydrogen-bond acceptors (Lipinski definition) is 4. The standard InChI is InChI=1S/C24H25N5.C12H8O.Pt/c1-15(2)13-22-23(16(3)4)24(29-28-22)19-12-8-11-18(25-19)21-14-20(26-27-21)17-9-6-5-7-10-17;1-3-7-11-9(5-1)10-6-2-4-8-12(10)13-11;/h5-12,14-16H,13H2,1-4H3;1-8H;/q-2;;+2. The van der Waals surface area contributed by atoms with Crippen LogP contribution in [-0.2, 0) is 27.5 Å². The predicted molar refractivity (Wildman–Crippen MR) is 169 cm³/mol. The molecule has 0 unspecified atom stereocenters. The fraction of sp³-hybridized carbons (Fsp3) is 0.194. The van der Waals surface area contributed by atoms with Crippen molar-refractivity contribution in [1.82, 2.24) is 25.4 Å². The Morgan fingerprint density at radius 3 is 1.93 bits per heavy atom. The van der Waals surface area contributed by atoms with E-state index in [0.29, 0.717) is 11.8 Å². The first-order valence-electron chi connectivity index (χ1n) is 14.4. The number of furan rings is 1. The van der Waals surface area contributed by atoms with Gasteiger partial charge in [-0.1, -0.05) is 112 Å². The van der Waals surface area contributed by atoms with E-state index in [-0.39, 0.29) is 21.1 Å². The van der Waals surface area contributed by atoms with Crippen LogP contribution in [0, 0.1) is 5.92 Å². The zero-order valence-electron chi connectivity index (χ0n) is 24.6. The molecule has 6 nitrogen and oxygen atoms in total. The Morgan fingerprint density at radius 2 is 1.28 bits per heavy atom. The smallest absolute Gasteiger partial charge is 0.573 e. The van der Waals surface area contributed by atoms with E-state index < -0.39 is 0 Å². The molecule has 0 atom stereocenters. The summed E-state index contributed by atoms with van der Waals surface area (Å²) < 4.78 is 5.65. The van der Waals surface area contributed by atoms with Crippen molar-refractivity contribution < 1.29 is 25.5 Å². The topological polar surface area (TPSA) is 80.0 Å². The van der Waals surface area contributed by atoms with Crippen LogP contribution in [0.25, 0.3) is 56.0 Å². The van der Waals surface area contributed by atoms with Crippen LogP contribution in [0.15, 0.2) is 108 Å². The number of benzene rings is 3. The molecule has 0 saturated carbocycles. The fourth-order valence-corrected chi connectivity index (χ4v) is 5.24. The molecular weight excluding hydrogens is 714 g/mol. The molecule has 0 fully saturated rings. The third kappa shape index (κ3) is 6.55. The molecule has 0 aliphatic heterocycles. The molecule has 0 aliphatic rings. The van der Waals surface area contributed by atoms with Crippen LogP contribution in [0.4, 0.5) is 0 Å². The summed E-state index contributed by atoms with van der Waals surface area (Å²) in [6, 6.07) is 34.2. The van der Waals surface area contributed by atoms with Crippen LogP contribution in [0.1, 0.15) is 44.9 Å². The monoisotopic (exact) mass is 746 g/mol. The molecule has 0 bridgehead atoms. The second-order valence-corrected chi connectivity index (χ2v) is 11.1. The average molecular weight is 747 g/mol. The van der Waals surface area contributed by atoms with Gasteiger partial charge in [0.1, 0.15) is 11.2 Å². The molecule has 7 heteroatoms. The van der Waals surface area contributed by atoms with Crippen LogP contribution >= 0.6 is 0 Å². The molecule has 3 aromatic carbocycles. The first-order chi connectivity index (χ1) is 20.5. The molecule has 7 rings (SSSR count). The summed E-state index contributed by atoms with van der Waals surface area (Å²) in [6.07, 6.45) is 0.926. The van der Waals surface area contributed by atoms with Gasteiger partial charge in [-0.05, 0) is 59.7 Å². The molecule has 43 heavy (non-hydrogen) atoms. The van der Waals surface area contributed by atoms with Gasteiger partial charge in [0.2, 0.25) is 0 Å². The minimum Gasteiger partial charge on any atom is -0.573 e. The molecule has 218 valence electrons. The Morgan fingerprint density at radius 1 is 0.651 bits per heavy atom. The van der Waals surface area contributed by atoms with Gasteiger partial charge in [-0.15, -0.1) is 0 Å². The quantitative estimate of drug-likeness (QED) is 0.170. The molecule has 0 saturated heterocycles. The van der Waals surface area contributed by atoms with Gasteiger partial charge in [0.15, 0.2) is 0 Å². The zero-order chi connectivity index (χ0) is 29.1. The summed E-state index contributed by atoms with van der Waals surface area (Å²) in [5.74, 6) is 0.870. The van der Waals surface area contributed by atoms with E-state index in [1.54, 1.807) is 0 Å². The Labute approximate surface area is 266 Å². The minimum absolute atomic E-state index is 0. The van der Waals surface area contributed by atoms with Crippen molar-refractivity contribution in [2.75, 3.05) is 0 Å². The van der Waals surface area contributed by atoms with Gasteiger partial charge >= 0.3 is 21.1 Å². The van der Waals surface area contributed by atoms with Crippen LogP contribution in [-0.4, -0.2) is 15.2 Å². The third-order valence-electron chi connectivity index (χ3n) is 7.16. The van der Waals surface area contributed by atoms with Gasteiger partial charge in [0, 0.05) is 22.2 Å². The van der Waals surface area contributed by atoms with Gasteiger partial charge in [-0.2, -0.15) is 0 Å². The molecule has 0 amide bonds. The van der Waals surface area contributed by atoms with Gasteiger partial charge < -0.3 is 24.8 Å². The van der Waals surface area contributed by atoms with Crippen molar-refractivity contribution in [1.29, 1.82) is 0 Å². The molecule has 0 aliphatic carbocycles. The molecule has 4 heterocycles. The summed E-state index contributed by atoms with van der Waals surface area (Å²) in [5, 5.41) is 20.0. The fourth-order valence-electron chi connectivity index (χ4n) is 5.24. The summed E-state index contributed by atoms with van der Waals surface area (Å²) >= 11 is 0. The molecule has 4 aromatic heterocycles. The summed E-state index contributed by atoms with van der Waals surface area (Å²) in [6.45, 7) is 8.78. The van der Waals surface area contributed by atoms with Crippen molar-refractivity contribution in [2.24, 2.45) is 5.92 Å². The Bertz CT molecular complexity index is 1880. The zero-order valence-corrected chi connectivity index (χ0v) is 26.9. The molecule has 0 radical (unpaired) electrons. The van der Waals surface area contributed by atoms with Crippen LogP contribution in [0.2, 0.25) is 0 Å². The number of aromatic nitrogens is 5.